The Labute approximate surface area is 135 Å². The van der Waals surface area contributed by atoms with Crippen LogP contribution < -0.4 is 10.1 Å². The summed E-state index contributed by atoms with van der Waals surface area (Å²) in [6.07, 6.45) is 1.26. The lowest BCUT2D eigenvalue weighted by Crippen LogP contribution is -2.33. The van der Waals surface area contributed by atoms with E-state index in [9.17, 15) is 4.79 Å². The van der Waals surface area contributed by atoms with Crippen molar-refractivity contribution in [3.63, 3.8) is 0 Å². The van der Waals surface area contributed by atoms with Crippen LogP contribution in [0.15, 0.2) is 29.6 Å². The lowest BCUT2D eigenvalue weighted by Gasteiger charge is -2.10. The molecule has 1 atom stereocenters. The van der Waals surface area contributed by atoms with Crippen LogP contribution >= 0.6 is 11.3 Å². The molecule has 118 valence electrons. The summed E-state index contributed by atoms with van der Waals surface area (Å²) in [7, 11) is 0. The first-order valence-corrected chi connectivity index (χ1v) is 8.47. The molecule has 0 saturated heterocycles. The van der Waals surface area contributed by atoms with Crippen molar-refractivity contribution in [2.24, 2.45) is 0 Å². The first-order chi connectivity index (χ1) is 10.6. The van der Waals surface area contributed by atoms with Gasteiger partial charge in [0, 0.05) is 17.0 Å². The summed E-state index contributed by atoms with van der Waals surface area (Å²) in [4.78, 5) is 16.4. The first-order valence-electron chi connectivity index (χ1n) is 7.59. The smallest absolute Gasteiger partial charge is 0.226 e. The van der Waals surface area contributed by atoms with Gasteiger partial charge in [-0.3, -0.25) is 4.79 Å². The SMILES string of the molecule is CCOc1ccc(-c2nc(CC(=O)NC(C)CC)cs2)cc1. The summed E-state index contributed by atoms with van der Waals surface area (Å²) in [5, 5.41) is 5.83. The second kappa shape index (κ2) is 7.94. The van der Waals surface area contributed by atoms with Gasteiger partial charge in [-0.1, -0.05) is 6.92 Å². The standard InChI is InChI=1S/C17H22N2O2S/c1-4-12(3)18-16(20)10-14-11-22-17(19-14)13-6-8-15(9-7-13)21-5-2/h6-9,11-12H,4-5,10H2,1-3H3,(H,18,20). The average molecular weight is 318 g/mol. The molecule has 0 spiro atoms. The molecule has 2 aromatic rings. The van der Waals surface area contributed by atoms with Gasteiger partial charge in [-0.15, -0.1) is 11.3 Å². The molecule has 0 aliphatic rings. The van der Waals surface area contributed by atoms with Gasteiger partial charge >= 0.3 is 0 Å². The molecule has 0 aliphatic carbocycles. The van der Waals surface area contributed by atoms with Crippen molar-refractivity contribution in [2.45, 2.75) is 39.7 Å². The summed E-state index contributed by atoms with van der Waals surface area (Å²) in [5.41, 5.74) is 1.86. The number of hydrogen-bond acceptors (Lipinski definition) is 4. The lowest BCUT2D eigenvalue weighted by atomic mass is 10.2. The number of nitrogens with zero attached hydrogens (tertiary/aromatic N) is 1. The molecule has 1 amide bonds. The van der Waals surface area contributed by atoms with Crippen molar-refractivity contribution in [3.8, 4) is 16.3 Å². The van der Waals surface area contributed by atoms with Crippen LogP contribution in [0.25, 0.3) is 10.6 Å². The van der Waals surface area contributed by atoms with Crippen LogP contribution in [0.5, 0.6) is 5.75 Å². The zero-order valence-electron chi connectivity index (χ0n) is 13.3. The van der Waals surface area contributed by atoms with Crippen molar-refractivity contribution in [3.05, 3.63) is 35.3 Å². The molecule has 0 radical (unpaired) electrons. The van der Waals surface area contributed by atoms with Crippen LogP contribution in [0.1, 0.15) is 32.9 Å². The predicted molar refractivity (Wildman–Crippen MR) is 90.3 cm³/mol. The maximum atomic E-state index is 11.9. The molecule has 1 N–H and O–H groups in total. The molecule has 2 rings (SSSR count). The number of nitrogens with one attached hydrogen (secondary N) is 1. The molecule has 1 heterocycles. The summed E-state index contributed by atoms with van der Waals surface area (Å²) in [6, 6.07) is 8.07. The number of ether oxygens (including phenoxy) is 1. The summed E-state index contributed by atoms with van der Waals surface area (Å²) in [6.45, 7) is 6.68. The second-order valence-electron chi connectivity index (χ2n) is 5.15. The minimum absolute atomic E-state index is 0.0258. The largest absolute Gasteiger partial charge is 0.494 e. The van der Waals surface area contributed by atoms with E-state index in [0.29, 0.717) is 13.0 Å². The first kappa shape index (κ1) is 16.5. The van der Waals surface area contributed by atoms with Gasteiger partial charge in [0.05, 0.1) is 18.7 Å². The Morgan fingerprint density at radius 2 is 2.05 bits per heavy atom. The molecule has 1 aromatic carbocycles. The zero-order valence-corrected chi connectivity index (χ0v) is 14.1. The number of benzene rings is 1. The fourth-order valence-electron chi connectivity index (χ4n) is 1.97. The van der Waals surface area contributed by atoms with Gasteiger partial charge in [-0.2, -0.15) is 0 Å². The number of amides is 1. The maximum Gasteiger partial charge on any atom is 0.226 e. The molecule has 1 aromatic heterocycles. The van der Waals surface area contributed by atoms with E-state index in [1.54, 1.807) is 11.3 Å². The van der Waals surface area contributed by atoms with Crippen LogP contribution in [0, 0.1) is 0 Å². The Morgan fingerprint density at radius 3 is 2.68 bits per heavy atom. The van der Waals surface area contributed by atoms with Gasteiger partial charge in [0.15, 0.2) is 0 Å². The van der Waals surface area contributed by atoms with E-state index in [2.05, 4.69) is 17.2 Å². The lowest BCUT2D eigenvalue weighted by molar-refractivity contribution is -0.121. The van der Waals surface area contributed by atoms with Crippen LogP contribution in [-0.2, 0) is 11.2 Å². The van der Waals surface area contributed by atoms with Gasteiger partial charge in [-0.05, 0) is 44.5 Å². The maximum absolute atomic E-state index is 11.9. The minimum Gasteiger partial charge on any atom is -0.494 e. The van der Waals surface area contributed by atoms with E-state index in [-0.39, 0.29) is 11.9 Å². The number of carbonyl (C=O) groups is 1. The Hall–Kier alpha value is -1.88. The number of thiazole rings is 1. The number of rotatable bonds is 7. The van der Waals surface area contributed by atoms with Gasteiger partial charge < -0.3 is 10.1 Å². The summed E-state index contributed by atoms with van der Waals surface area (Å²) in [5.74, 6) is 0.883. The van der Waals surface area contributed by atoms with Crippen molar-refractivity contribution in [1.29, 1.82) is 0 Å². The molecule has 1 unspecified atom stereocenters. The van der Waals surface area contributed by atoms with E-state index in [0.717, 1.165) is 28.4 Å². The third-order valence-electron chi connectivity index (χ3n) is 3.33. The zero-order chi connectivity index (χ0) is 15.9. The van der Waals surface area contributed by atoms with E-state index in [4.69, 9.17) is 4.74 Å². The number of aromatic nitrogens is 1. The van der Waals surface area contributed by atoms with Crippen molar-refractivity contribution >= 4 is 17.2 Å². The molecule has 22 heavy (non-hydrogen) atoms. The fraction of sp³-hybridized carbons (Fsp3) is 0.412. The van der Waals surface area contributed by atoms with Crippen molar-refractivity contribution < 1.29 is 9.53 Å². The molecule has 0 bridgehead atoms. The van der Waals surface area contributed by atoms with E-state index in [1.807, 2.05) is 43.5 Å². The van der Waals surface area contributed by atoms with Gasteiger partial charge in [0.25, 0.3) is 0 Å². The highest BCUT2D eigenvalue weighted by atomic mass is 32.1. The monoisotopic (exact) mass is 318 g/mol. The third-order valence-corrected chi connectivity index (χ3v) is 4.27. The van der Waals surface area contributed by atoms with Crippen molar-refractivity contribution in [1.82, 2.24) is 10.3 Å². The Kier molecular flexibility index (Phi) is 5.95. The summed E-state index contributed by atoms with van der Waals surface area (Å²) < 4.78 is 5.43. The summed E-state index contributed by atoms with van der Waals surface area (Å²) >= 11 is 1.56. The average Bonchev–Trinajstić information content (AvgIpc) is 2.96. The molecule has 0 aliphatic heterocycles. The van der Waals surface area contributed by atoms with E-state index < -0.39 is 0 Å². The van der Waals surface area contributed by atoms with Crippen LogP contribution in [0.4, 0.5) is 0 Å². The molecule has 0 saturated carbocycles. The normalized spacial score (nSPS) is 12.0. The fourth-order valence-corrected chi connectivity index (χ4v) is 2.80. The van der Waals surface area contributed by atoms with Crippen LogP contribution in [-0.4, -0.2) is 23.5 Å². The minimum atomic E-state index is 0.0258. The van der Waals surface area contributed by atoms with Gasteiger partial charge in [0.2, 0.25) is 5.91 Å². The quantitative estimate of drug-likeness (QED) is 0.847. The highest BCUT2D eigenvalue weighted by Gasteiger charge is 2.10. The van der Waals surface area contributed by atoms with E-state index >= 15 is 0 Å². The second-order valence-corrected chi connectivity index (χ2v) is 6.01. The predicted octanol–water partition coefficient (Wildman–Crippen LogP) is 3.67. The molecule has 4 nitrogen and oxygen atoms in total. The number of carbonyl (C=O) groups excluding carboxylic acids is 1. The number of hydrogen-bond donors (Lipinski definition) is 1. The molecule has 5 heteroatoms. The Balaban J connectivity index is 2.00. The van der Waals surface area contributed by atoms with Crippen LogP contribution in [0.2, 0.25) is 0 Å². The molecule has 0 fully saturated rings. The van der Waals surface area contributed by atoms with Crippen molar-refractivity contribution in [2.75, 3.05) is 6.61 Å². The Bertz CT molecular complexity index is 607. The highest BCUT2D eigenvalue weighted by Crippen LogP contribution is 2.26. The topological polar surface area (TPSA) is 51.2 Å². The molecular formula is C17H22N2O2S. The van der Waals surface area contributed by atoms with E-state index in [1.165, 1.54) is 0 Å². The van der Waals surface area contributed by atoms with Gasteiger partial charge in [-0.25, -0.2) is 4.98 Å². The Morgan fingerprint density at radius 1 is 1.32 bits per heavy atom. The highest BCUT2D eigenvalue weighted by molar-refractivity contribution is 7.13. The third kappa shape index (κ3) is 4.56. The van der Waals surface area contributed by atoms with Crippen LogP contribution in [0.3, 0.4) is 0 Å². The molecular weight excluding hydrogens is 296 g/mol. The van der Waals surface area contributed by atoms with Gasteiger partial charge in [0.1, 0.15) is 10.8 Å².